The van der Waals surface area contributed by atoms with Gasteiger partial charge in [0.05, 0.1) is 23.6 Å². The molecular formula is C23H21N7O2. The summed E-state index contributed by atoms with van der Waals surface area (Å²) >= 11 is 0. The van der Waals surface area contributed by atoms with Gasteiger partial charge in [-0.3, -0.25) is 9.89 Å². The van der Waals surface area contributed by atoms with Crippen LogP contribution < -0.4 is 5.56 Å². The largest absolute Gasteiger partial charge is 0.492 e. The topological polar surface area (TPSA) is 105 Å². The number of hydrogen-bond acceptors (Lipinski definition) is 5. The molecule has 0 spiro atoms. The first-order chi connectivity index (χ1) is 15.3. The monoisotopic (exact) mass is 427 g/mol. The number of aromatic nitrogens is 4. The number of H-pyrrole nitrogens is 1. The van der Waals surface area contributed by atoms with Crippen molar-refractivity contribution in [2.45, 2.75) is 26.2 Å². The van der Waals surface area contributed by atoms with E-state index in [4.69, 9.17) is 6.57 Å². The molecule has 2 aromatic carbocycles. The summed E-state index contributed by atoms with van der Waals surface area (Å²) < 4.78 is 2.69. The lowest BCUT2D eigenvalue weighted by Crippen LogP contribution is -2.20. The van der Waals surface area contributed by atoms with E-state index in [-0.39, 0.29) is 28.5 Å². The Hall–Kier alpha value is -4.45. The lowest BCUT2D eigenvalue weighted by molar-refractivity contribution is 0.426. The van der Waals surface area contributed by atoms with Crippen LogP contribution in [0, 0.1) is 6.57 Å². The Kier molecular flexibility index (Phi) is 5.20. The highest BCUT2D eigenvalue weighted by Crippen LogP contribution is 2.38. The van der Waals surface area contributed by atoms with Gasteiger partial charge in [-0.05, 0) is 29.7 Å². The van der Waals surface area contributed by atoms with Crippen LogP contribution in [0.3, 0.4) is 0 Å². The first-order valence-corrected chi connectivity index (χ1v) is 9.89. The standard InChI is InChI=1S/C23H21N7O2/c1-23(2,3)19-17(24-4)20(28-26-19)27-25-18-21(31)29(15-11-7-5-8-12-15)30(22(18)32)16-13-9-6-10-14-16/h5-14,31H,1-3H3,(H,26,28)/b27-25+. The molecule has 0 amide bonds. The molecule has 0 unspecified atom stereocenters. The second-order valence-corrected chi connectivity index (χ2v) is 8.10. The Labute approximate surface area is 184 Å². The second-order valence-electron chi connectivity index (χ2n) is 8.10. The zero-order valence-corrected chi connectivity index (χ0v) is 17.8. The number of azo groups is 1. The van der Waals surface area contributed by atoms with Crippen LogP contribution in [0.1, 0.15) is 26.5 Å². The normalized spacial score (nSPS) is 11.7. The summed E-state index contributed by atoms with van der Waals surface area (Å²) in [6, 6.07) is 17.9. The maximum atomic E-state index is 13.3. The van der Waals surface area contributed by atoms with Gasteiger partial charge < -0.3 is 5.11 Å². The van der Waals surface area contributed by atoms with Crippen molar-refractivity contribution >= 4 is 17.2 Å². The third kappa shape index (κ3) is 3.58. The minimum atomic E-state index is -0.554. The zero-order chi connectivity index (χ0) is 22.9. The fourth-order valence-electron chi connectivity index (χ4n) is 3.30. The molecule has 0 aliphatic rings. The van der Waals surface area contributed by atoms with E-state index in [9.17, 15) is 9.90 Å². The number of nitrogens with one attached hydrogen (secondary N) is 1. The van der Waals surface area contributed by atoms with Crippen LogP contribution in [0.4, 0.5) is 17.2 Å². The van der Waals surface area contributed by atoms with Crippen LogP contribution in [-0.4, -0.2) is 24.7 Å². The summed E-state index contributed by atoms with van der Waals surface area (Å²) in [7, 11) is 0. The van der Waals surface area contributed by atoms with Crippen LogP contribution in [0.5, 0.6) is 5.88 Å². The Balaban J connectivity index is 1.89. The minimum Gasteiger partial charge on any atom is -0.492 e. The number of benzene rings is 2. The van der Waals surface area contributed by atoms with E-state index < -0.39 is 5.56 Å². The van der Waals surface area contributed by atoms with Gasteiger partial charge in [0.15, 0.2) is 5.82 Å². The average Bonchev–Trinajstić information content (AvgIpc) is 3.31. The third-order valence-corrected chi connectivity index (χ3v) is 4.80. The second kappa shape index (κ2) is 8.00. The highest BCUT2D eigenvalue weighted by molar-refractivity contribution is 5.67. The van der Waals surface area contributed by atoms with Gasteiger partial charge in [0.1, 0.15) is 0 Å². The van der Waals surface area contributed by atoms with Gasteiger partial charge in [-0.1, -0.05) is 57.2 Å². The zero-order valence-electron chi connectivity index (χ0n) is 17.8. The molecule has 0 radical (unpaired) electrons. The third-order valence-electron chi connectivity index (χ3n) is 4.80. The van der Waals surface area contributed by atoms with Crippen LogP contribution in [0.2, 0.25) is 0 Å². The number of nitrogens with zero attached hydrogens (tertiary/aromatic N) is 6. The van der Waals surface area contributed by atoms with E-state index in [1.807, 2.05) is 32.9 Å². The number of aromatic amines is 1. The van der Waals surface area contributed by atoms with Crippen molar-refractivity contribution in [3.05, 3.63) is 88.1 Å². The van der Waals surface area contributed by atoms with Crippen molar-refractivity contribution in [1.29, 1.82) is 0 Å². The van der Waals surface area contributed by atoms with Gasteiger partial charge in [-0.25, -0.2) is 14.2 Å². The molecule has 0 aliphatic heterocycles. The molecule has 0 saturated carbocycles. The number of hydrogen-bond donors (Lipinski definition) is 2. The molecule has 4 rings (SSSR count). The van der Waals surface area contributed by atoms with Gasteiger partial charge in [0.2, 0.25) is 11.6 Å². The summed E-state index contributed by atoms with van der Waals surface area (Å²) in [5.41, 5.74) is 0.730. The molecule has 2 aromatic heterocycles. The van der Waals surface area contributed by atoms with Crippen molar-refractivity contribution < 1.29 is 5.11 Å². The fraction of sp³-hybridized carbons (Fsp3) is 0.174. The number of para-hydroxylation sites is 2. The average molecular weight is 427 g/mol. The van der Waals surface area contributed by atoms with Gasteiger partial charge >= 0.3 is 5.56 Å². The first kappa shape index (κ1) is 20.8. The highest BCUT2D eigenvalue weighted by Gasteiger charge is 2.26. The van der Waals surface area contributed by atoms with Crippen molar-refractivity contribution in [3.8, 4) is 17.3 Å². The Bertz CT molecular complexity index is 1380. The summed E-state index contributed by atoms with van der Waals surface area (Å²) in [5.74, 6) is -0.240. The van der Waals surface area contributed by atoms with Gasteiger partial charge in [-0.15, -0.1) is 10.2 Å². The molecule has 0 fully saturated rings. The SMILES string of the molecule is [C-]#[N+]c1c(C(C)(C)C)n[nH]c1/N=N/c1c(O)n(-c2ccccc2)n(-c2ccccc2)c1=O. The van der Waals surface area contributed by atoms with Gasteiger partial charge in [0, 0.05) is 0 Å². The smallest absolute Gasteiger partial charge is 0.303 e. The summed E-state index contributed by atoms with van der Waals surface area (Å²) in [4.78, 5) is 16.8. The highest BCUT2D eigenvalue weighted by atomic mass is 16.3. The fourth-order valence-corrected chi connectivity index (χ4v) is 3.30. The maximum Gasteiger partial charge on any atom is 0.303 e. The van der Waals surface area contributed by atoms with Crippen molar-refractivity contribution in [2.75, 3.05) is 0 Å². The minimum absolute atomic E-state index is 0.127. The van der Waals surface area contributed by atoms with E-state index in [1.54, 1.807) is 48.5 Å². The van der Waals surface area contributed by atoms with Crippen molar-refractivity contribution in [3.63, 3.8) is 0 Å². The van der Waals surface area contributed by atoms with Gasteiger partial charge in [-0.2, -0.15) is 5.10 Å². The molecule has 0 saturated heterocycles. The van der Waals surface area contributed by atoms with Crippen LogP contribution in [0.15, 0.2) is 75.7 Å². The molecule has 9 heteroatoms. The van der Waals surface area contributed by atoms with Crippen LogP contribution in [0.25, 0.3) is 16.2 Å². The van der Waals surface area contributed by atoms with E-state index >= 15 is 0 Å². The maximum absolute atomic E-state index is 13.3. The molecule has 4 aromatic rings. The van der Waals surface area contributed by atoms with E-state index in [0.29, 0.717) is 17.1 Å². The molecule has 2 heterocycles. The molecular weight excluding hydrogens is 406 g/mol. The summed E-state index contributed by atoms with van der Waals surface area (Å²) in [6.45, 7) is 13.3. The van der Waals surface area contributed by atoms with Gasteiger partial charge in [0.25, 0.3) is 5.69 Å². The van der Waals surface area contributed by atoms with Crippen LogP contribution >= 0.6 is 0 Å². The quantitative estimate of drug-likeness (QED) is 0.340. The molecule has 0 bridgehead atoms. The lowest BCUT2D eigenvalue weighted by Gasteiger charge is -2.15. The Morgan fingerprint density at radius 1 is 0.969 bits per heavy atom. The molecule has 2 N–H and O–H groups in total. The van der Waals surface area contributed by atoms with Crippen molar-refractivity contribution in [2.24, 2.45) is 10.2 Å². The molecule has 160 valence electrons. The Morgan fingerprint density at radius 2 is 1.53 bits per heavy atom. The first-order valence-electron chi connectivity index (χ1n) is 9.89. The predicted molar refractivity (Wildman–Crippen MR) is 121 cm³/mol. The predicted octanol–water partition coefficient (Wildman–Crippen LogP) is 5.32. The Morgan fingerprint density at radius 3 is 2.06 bits per heavy atom. The molecule has 0 aliphatic carbocycles. The summed E-state index contributed by atoms with van der Waals surface area (Å²) in [5, 5.41) is 25.9. The van der Waals surface area contributed by atoms with Crippen LogP contribution in [-0.2, 0) is 5.41 Å². The molecule has 9 nitrogen and oxygen atoms in total. The van der Waals surface area contributed by atoms with E-state index in [2.05, 4.69) is 25.3 Å². The number of aromatic hydroxyl groups is 1. The lowest BCUT2D eigenvalue weighted by atomic mass is 9.91. The number of rotatable bonds is 4. The van der Waals surface area contributed by atoms with E-state index in [1.165, 1.54) is 9.36 Å². The summed E-state index contributed by atoms with van der Waals surface area (Å²) in [6.07, 6.45) is 0. The van der Waals surface area contributed by atoms with E-state index in [0.717, 1.165) is 0 Å². The van der Waals surface area contributed by atoms with Crippen molar-refractivity contribution in [1.82, 2.24) is 19.6 Å². The molecule has 0 atom stereocenters. The molecule has 32 heavy (non-hydrogen) atoms.